The number of rotatable bonds is 3. The van der Waals surface area contributed by atoms with Gasteiger partial charge in [-0.05, 0) is 6.07 Å². The van der Waals surface area contributed by atoms with Crippen LogP contribution in [-0.2, 0) is 9.59 Å². The molecule has 17 heavy (non-hydrogen) atoms. The van der Waals surface area contributed by atoms with Gasteiger partial charge in [-0.15, -0.1) is 0 Å². The number of ether oxygens (including phenoxy) is 1. The summed E-state index contributed by atoms with van der Waals surface area (Å²) in [6.45, 7) is -0.0573. The number of carbonyl (C=O) groups excluding carboxylic acids is 2. The summed E-state index contributed by atoms with van der Waals surface area (Å²) in [7, 11) is 0. The number of anilines is 3. The zero-order chi connectivity index (χ0) is 12.4. The number of carbonyl (C=O) groups is 2. The van der Waals surface area contributed by atoms with Crippen molar-refractivity contribution in [2.75, 3.05) is 29.5 Å². The average Bonchev–Trinajstić information content (AvgIpc) is 2.26. The van der Waals surface area contributed by atoms with Crippen LogP contribution in [0.3, 0.4) is 0 Å². The lowest BCUT2D eigenvalue weighted by atomic mass is 10.2. The van der Waals surface area contributed by atoms with Gasteiger partial charge in [0.25, 0.3) is 5.91 Å². The van der Waals surface area contributed by atoms with Crippen LogP contribution < -0.4 is 26.8 Å². The fraction of sp³-hybridized carbons (Fsp3) is 0.200. The minimum Gasteiger partial charge on any atom is -0.482 e. The van der Waals surface area contributed by atoms with Crippen molar-refractivity contribution in [3.05, 3.63) is 12.1 Å². The van der Waals surface area contributed by atoms with E-state index in [1.54, 1.807) is 12.1 Å². The summed E-state index contributed by atoms with van der Waals surface area (Å²) < 4.78 is 5.19. The van der Waals surface area contributed by atoms with Gasteiger partial charge < -0.3 is 26.8 Å². The summed E-state index contributed by atoms with van der Waals surface area (Å²) >= 11 is 0. The summed E-state index contributed by atoms with van der Waals surface area (Å²) in [5, 5.41) is 5.41. The smallest absolute Gasteiger partial charge is 0.262 e. The SMILES string of the molecule is NC(=O)CNc1cc2c(cc1N)OCC(=O)N2. The van der Waals surface area contributed by atoms with Gasteiger partial charge >= 0.3 is 0 Å². The van der Waals surface area contributed by atoms with Crippen LogP contribution in [0.2, 0.25) is 0 Å². The molecule has 0 unspecified atom stereocenters. The van der Waals surface area contributed by atoms with Crippen LogP contribution in [0, 0.1) is 0 Å². The van der Waals surface area contributed by atoms with Crippen molar-refractivity contribution in [2.24, 2.45) is 5.73 Å². The molecule has 1 aliphatic heterocycles. The highest BCUT2D eigenvalue weighted by atomic mass is 16.5. The largest absolute Gasteiger partial charge is 0.482 e. The van der Waals surface area contributed by atoms with E-state index < -0.39 is 5.91 Å². The Morgan fingerprint density at radius 2 is 2.29 bits per heavy atom. The van der Waals surface area contributed by atoms with Crippen LogP contribution in [0.25, 0.3) is 0 Å². The van der Waals surface area contributed by atoms with Gasteiger partial charge in [0.15, 0.2) is 6.61 Å². The molecule has 7 heteroatoms. The van der Waals surface area contributed by atoms with Crippen molar-refractivity contribution in [1.82, 2.24) is 0 Å². The van der Waals surface area contributed by atoms with Gasteiger partial charge in [-0.1, -0.05) is 0 Å². The number of nitrogens with one attached hydrogen (secondary N) is 2. The standard InChI is InChI=1S/C10H12N4O3/c11-5-1-8-7(14-10(16)4-17-8)2-6(5)13-3-9(12)15/h1-2,13H,3-4,11H2,(H2,12,15)(H,14,16). The molecule has 0 fully saturated rings. The van der Waals surface area contributed by atoms with Crippen molar-refractivity contribution in [2.45, 2.75) is 0 Å². The van der Waals surface area contributed by atoms with Crippen molar-refractivity contribution in [1.29, 1.82) is 0 Å². The Bertz CT molecular complexity index is 487. The molecule has 7 nitrogen and oxygen atoms in total. The Morgan fingerprint density at radius 3 is 3.00 bits per heavy atom. The molecule has 1 aromatic rings. The molecule has 0 radical (unpaired) electrons. The van der Waals surface area contributed by atoms with E-state index in [4.69, 9.17) is 16.2 Å². The highest BCUT2D eigenvalue weighted by Gasteiger charge is 2.17. The van der Waals surface area contributed by atoms with Crippen molar-refractivity contribution >= 4 is 28.9 Å². The Morgan fingerprint density at radius 1 is 1.53 bits per heavy atom. The monoisotopic (exact) mass is 236 g/mol. The quantitative estimate of drug-likeness (QED) is 0.527. The molecule has 0 aromatic heterocycles. The van der Waals surface area contributed by atoms with E-state index in [2.05, 4.69) is 10.6 Å². The predicted octanol–water partition coefficient (Wildman–Crippen LogP) is -0.503. The molecule has 2 rings (SSSR count). The second-order valence-corrected chi connectivity index (χ2v) is 3.59. The fourth-order valence-electron chi connectivity index (χ4n) is 1.48. The maximum atomic E-state index is 11.1. The van der Waals surface area contributed by atoms with Crippen LogP contribution in [0.4, 0.5) is 17.1 Å². The highest BCUT2D eigenvalue weighted by Crippen LogP contribution is 2.34. The zero-order valence-corrected chi connectivity index (χ0v) is 8.95. The number of fused-ring (bicyclic) bond motifs is 1. The Hall–Kier alpha value is -2.44. The highest BCUT2D eigenvalue weighted by molar-refractivity contribution is 5.97. The molecule has 1 heterocycles. The first-order valence-electron chi connectivity index (χ1n) is 4.94. The fourth-order valence-corrected chi connectivity index (χ4v) is 1.48. The van der Waals surface area contributed by atoms with E-state index in [0.29, 0.717) is 22.8 Å². The van der Waals surface area contributed by atoms with Crippen molar-refractivity contribution in [3.63, 3.8) is 0 Å². The summed E-state index contributed by atoms with van der Waals surface area (Å²) in [4.78, 5) is 21.8. The van der Waals surface area contributed by atoms with E-state index in [0.717, 1.165) is 0 Å². The molecular formula is C10H12N4O3. The van der Waals surface area contributed by atoms with E-state index in [1.165, 1.54) is 0 Å². The van der Waals surface area contributed by atoms with E-state index in [1.807, 2.05) is 0 Å². The number of benzene rings is 1. The van der Waals surface area contributed by atoms with Gasteiger partial charge in [-0.3, -0.25) is 9.59 Å². The first-order valence-corrected chi connectivity index (χ1v) is 4.94. The van der Waals surface area contributed by atoms with Gasteiger partial charge in [0, 0.05) is 6.07 Å². The lowest BCUT2D eigenvalue weighted by Crippen LogP contribution is -2.26. The third-order valence-corrected chi connectivity index (χ3v) is 2.24. The summed E-state index contributed by atoms with van der Waals surface area (Å²) in [6.07, 6.45) is 0. The first kappa shape index (κ1) is 11.1. The zero-order valence-electron chi connectivity index (χ0n) is 8.95. The molecule has 90 valence electrons. The molecular weight excluding hydrogens is 224 g/mol. The van der Waals surface area contributed by atoms with Crippen LogP contribution in [0.15, 0.2) is 12.1 Å². The van der Waals surface area contributed by atoms with Crippen LogP contribution in [0.5, 0.6) is 5.75 Å². The van der Waals surface area contributed by atoms with E-state index in [-0.39, 0.29) is 19.1 Å². The van der Waals surface area contributed by atoms with E-state index in [9.17, 15) is 9.59 Å². The third kappa shape index (κ3) is 2.39. The molecule has 1 aromatic carbocycles. The number of nitrogens with two attached hydrogens (primary N) is 2. The molecule has 0 atom stereocenters. The maximum absolute atomic E-state index is 11.1. The first-order chi connectivity index (χ1) is 8.06. The second-order valence-electron chi connectivity index (χ2n) is 3.59. The number of nitrogen functional groups attached to an aromatic ring is 1. The molecule has 2 amide bonds. The van der Waals surface area contributed by atoms with Gasteiger partial charge in [0.1, 0.15) is 5.75 Å². The summed E-state index contributed by atoms with van der Waals surface area (Å²) in [5.41, 5.74) is 12.2. The predicted molar refractivity (Wildman–Crippen MR) is 62.7 cm³/mol. The van der Waals surface area contributed by atoms with Crippen LogP contribution in [-0.4, -0.2) is 25.0 Å². The number of amides is 2. The van der Waals surface area contributed by atoms with Gasteiger partial charge in [-0.2, -0.15) is 0 Å². The van der Waals surface area contributed by atoms with Crippen molar-refractivity contribution in [3.8, 4) is 5.75 Å². The molecule has 0 bridgehead atoms. The van der Waals surface area contributed by atoms with Crippen LogP contribution in [0.1, 0.15) is 0 Å². The molecule has 0 aliphatic carbocycles. The number of primary amides is 1. The van der Waals surface area contributed by atoms with E-state index >= 15 is 0 Å². The maximum Gasteiger partial charge on any atom is 0.262 e. The lowest BCUT2D eigenvalue weighted by molar-refractivity contribution is -0.118. The van der Waals surface area contributed by atoms with Crippen molar-refractivity contribution < 1.29 is 14.3 Å². The number of hydrogen-bond donors (Lipinski definition) is 4. The topological polar surface area (TPSA) is 119 Å². The second kappa shape index (κ2) is 4.20. The lowest BCUT2D eigenvalue weighted by Gasteiger charge is -2.20. The Labute approximate surface area is 97.1 Å². The van der Waals surface area contributed by atoms with Crippen LogP contribution >= 0.6 is 0 Å². The van der Waals surface area contributed by atoms with Gasteiger partial charge in [0.2, 0.25) is 5.91 Å². The normalized spacial score (nSPS) is 13.3. The Balaban J connectivity index is 2.25. The summed E-state index contributed by atoms with van der Waals surface area (Å²) in [5.74, 6) is -0.225. The average molecular weight is 236 g/mol. The summed E-state index contributed by atoms with van der Waals surface area (Å²) in [6, 6.07) is 3.18. The van der Waals surface area contributed by atoms with Gasteiger partial charge in [0.05, 0.1) is 23.6 Å². The third-order valence-electron chi connectivity index (χ3n) is 2.24. The minimum absolute atomic E-state index is 0.0273. The molecule has 6 N–H and O–H groups in total. The molecule has 0 saturated heterocycles. The molecule has 0 saturated carbocycles. The number of hydrogen-bond acceptors (Lipinski definition) is 5. The van der Waals surface area contributed by atoms with Gasteiger partial charge in [-0.25, -0.2) is 0 Å². The molecule has 1 aliphatic rings. The molecule has 0 spiro atoms. The minimum atomic E-state index is -0.498. The Kier molecular flexibility index (Phi) is 2.73.